The quantitative estimate of drug-likeness (QED) is 0.231. The van der Waals surface area contributed by atoms with Gasteiger partial charge in [-0.25, -0.2) is 0 Å². The number of carbonyl (C=O) groups is 1. The van der Waals surface area contributed by atoms with Gasteiger partial charge in [0.05, 0.1) is 0 Å². The Morgan fingerprint density at radius 2 is 1.52 bits per heavy atom. The van der Waals surface area contributed by atoms with E-state index in [4.69, 9.17) is 4.74 Å². The van der Waals surface area contributed by atoms with Crippen LogP contribution in [0.4, 0.5) is 4.79 Å². The number of unbranched alkanes of at least 4 members (excludes halogenated alkanes) is 3. The molecule has 174 valence electrons. The van der Waals surface area contributed by atoms with E-state index in [1.165, 1.54) is 62.7 Å². The van der Waals surface area contributed by atoms with Gasteiger partial charge in [-0.2, -0.15) is 0 Å². The van der Waals surface area contributed by atoms with Gasteiger partial charge in [0, 0.05) is 0 Å². The van der Waals surface area contributed by atoms with Crippen LogP contribution in [-0.2, 0) is 4.74 Å². The van der Waals surface area contributed by atoms with Crippen molar-refractivity contribution in [1.82, 2.24) is 4.90 Å². The normalized spacial score (nSPS) is 17.9. The summed E-state index contributed by atoms with van der Waals surface area (Å²) in [7, 11) is -1.76. The Labute approximate surface area is 196 Å². The first-order valence-corrected chi connectivity index (χ1v) is 23.7. The summed E-state index contributed by atoms with van der Waals surface area (Å²) in [5.41, 5.74) is 1.19. The van der Waals surface area contributed by atoms with Gasteiger partial charge in [-0.05, 0) is 0 Å². The molecule has 0 aliphatic carbocycles. The van der Waals surface area contributed by atoms with E-state index >= 15 is 0 Å². The van der Waals surface area contributed by atoms with E-state index in [2.05, 4.69) is 73.7 Å². The van der Waals surface area contributed by atoms with Crippen molar-refractivity contribution in [3.05, 3.63) is 45.3 Å². The summed E-state index contributed by atoms with van der Waals surface area (Å²) in [6.45, 7) is 14.6. The monoisotopic (exact) mass is 551 g/mol. The van der Waals surface area contributed by atoms with Crippen LogP contribution in [0.1, 0.15) is 70.9 Å². The van der Waals surface area contributed by atoms with Crippen LogP contribution in [0.15, 0.2) is 39.7 Å². The van der Waals surface area contributed by atoms with Gasteiger partial charge in [0.2, 0.25) is 0 Å². The van der Waals surface area contributed by atoms with E-state index in [-0.39, 0.29) is 12.1 Å². The van der Waals surface area contributed by atoms with Crippen LogP contribution in [0.3, 0.4) is 0 Å². The molecule has 1 saturated heterocycles. The standard InChI is InChI=1S/C14H18NO2Si.3C4H9.Sn/c1-11(18(2,3)4)15-13(10-17-14(15)16)12-8-6-5-7-9-12;3*1-3-4-2;/h1,5-9,13H,10H2,2-4H3;3*1,3-4H2,2H3;/t13-;;;;/m0..../s1. The van der Waals surface area contributed by atoms with E-state index in [0.717, 1.165) is 0 Å². The number of nitrogens with zero attached hydrogens (tertiary/aromatic N) is 1. The Hall–Kier alpha value is -0.754. The number of amides is 1. The third-order valence-electron chi connectivity index (χ3n) is 6.61. The summed E-state index contributed by atoms with van der Waals surface area (Å²) in [4.78, 5) is 15.2. The predicted octanol–water partition coefficient (Wildman–Crippen LogP) is 8.33. The maximum absolute atomic E-state index is 13.1. The van der Waals surface area contributed by atoms with Gasteiger partial charge >= 0.3 is 197 Å². The summed E-state index contributed by atoms with van der Waals surface area (Å²) >= 11 is -2.57. The molecule has 2 rings (SSSR count). The third kappa shape index (κ3) is 7.38. The Bertz CT molecular complexity index is 692. The van der Waals surface area contributed by atoms with Crippen molar-refractivity contribution in [1.29, 1.82) is 0 Å². The number of benzene rings is 1. The van der Waals surface area contributed by atoms with Gasteiger partial charge in [-0.15, -0.1) is 0 Å². The second kappa shape index (κ2) is 12.5. The van der Waals surface area contributed by atoms with Crippen molar-refractivity contribution in [2.45, 2.75) is 98.3 Å². The van der Waals surface area contributed by atoms with Crippen molar-refractivity contribution in [2.24, 2.45) is 0 Å². The van der Waals surface area contributed by atoms with Crippen LogP contribution in [0, 0.1) is 0 Å². The number of rotatable bonds is 13. The molecule has 1 aliphatic heterocycles. The zero-order valence-corrected chi connectivity index (χ0v) is 24.7. The Kier molecular flexibility index (Phi) is 10.7. The number of cyclic esters (lactones) is 1. The molecule has 0 bridgehead atoms. The van der Waals surface area contributed by atoms with Crippen molar-refractivity contribution < 1.29 is 9.53 Å². The average molecular weight is 550 g/mol. The molecule has 3 nitrogen and oxygen atoms in total. The fourth-order valence-corrected chi connectivity index (χ4v) is 26.4. The van der Waals surface area contributed by atoms with E-state index in [1.54, 1.807) is 0 Å². The topological polar surface area (TPSA) is 29.5 Å². The molecule has 1 amide bonds. The van der Waals surface area contributed by atoms with Gasteiger partial charge in [0.1, 0.15) is 0 Å². The fourth-order valence-electron chi connectivity index (χ4n) is 4.72. The first-order chi connectivity index (χ1) is 14.8. The molecule has 0 N–H and O–H groups in total. The summed E-state index contributed by atoms with van der Waals surface area (Å²) in [5, 5.41) is 1.36. The summed E-state index contributed by atoms with van der Waals surface area (Å²) < 4.78 is 12.7. The first kappa shape index (κ1) is 26.5. The molecular weight excluding hydrogens is 505 g/mol. The summed E-state index contributed by atoms with van der Waals surface area (Å²) in [6.07, 6.45) is 7.69. The van der Waals surface area contributed by atoms with Crippen molar-refractivity contribution in [3.63, 3.8) is 0 Å². The fraction of sp³-hybridized carbons (Fsp3) is 0.654. The zero-order chi connectivity index (χ0) is 22.9. The predicted molar refractivity (Wildman–Crippen MR) is 139 cm³/mol. The van der Waals surface area contributed by atoms with Gasteiger partial charge < -0.3 is 0 Å². The minimum atomic E-state index is -2.57. The second-order valence-corrected chi connectivity index (χ2v) is 28.2. The van der Waals surface area contributed by atoms with Crippen LogP contribution in [0.25, 0.3) is 0 Å². The molecule has 1 aliphatic rings. The van der Waals surface area contributed by atoms with Gasteiger partial charge in [0.25, 0.3) is 0 Å². The molecule has 1 fully saturated rings. The zero-order valence-electron chi connectivity index (χ0n) is 20.9. The average Bonchev–Trinajstić information content (AvgIpc) is 3.13. The van der Waals surface area contributed by atoms with Crippen LogP contribution >= 0.6 is 0 Å². The molecule has 1 aromatic carbocycles. The van der Waals surface area contributed by atoms with E-state index in [0.29, 0.717) is 6.61 Å². The molecule has 1 atom stereocenters. The third-order valence-corrected chi connectivity index (χ3v) is 23.4. The molecule has 0 radical (unpaired) electrons. The number of hydrogen-bond acceptors (Lipinski definition) is 2. The maximum atomic E-state index is 13.1. The van der Waals surface area contributed by atoms with E-state index < -0.39 is 26.5 Å². The molecule has 1 aromatic rings. The first-order valence-electron chi connectivity index (χ1n) is 12.5. The number of carbonyl (C=O) groups excluding carboxylic acids is 1. The molecule has 31 heavy (non-hydrogen) atoms. The Balaban J connectivity index is 2.56. The second-order valence-electron chi connectivity index (χ2n) is 10.3. The van der Waals surface area contributed by atoms with E-state index in [1.807, 2.05) is 6.07 Å². The van der Waals surface area contributed by atoms with Crippen LogP contribution in [0.2, 0.25) is 33.0 Å². The Morgan fingerprint density at radius 1 is 1.00 bits per heavy atom. The summed E-state index contributed by atoms with van der Waals surface area (Å²) in [6, 6.07) is 10.5. The van der Waals surface area contributed by atoms with Gasteiger partial charge in [0.15, 0.2) is 0 Å². The SMILES string of the molecule is CCC[CH2][Sn](/[CH]=C(/N1C(=O)OC[C@H]1c1ccccc1)[Si](C)(C)C)([CH2]CCC)[CH2]CCC. The molecule has 5 heteroatoms. The van der Waals surface area contributed by atoms with Gasteiger partial charge in [-0.1, -0.05) is 0 Å². The van der Waals surface area contributed by atoms with Crippen molar-refractivity contribution in [3.8, 4) is 0 Å². The Morgan fingerprint density at radius 3 is 1.97 bits per heavy atom. The van der Waals surface area contributed by atoms with Gasteiger partial charge in [-0.3, -0.25) is 0 Å². The van der Waals surface area contributed by atoms with Crippen molar-refractivity contribution >= 4 is 32.5 Å². The molecule has 0 spiro atoms. The van der Waals surface area contributed by atoms with Crippen LogP contribution < -0.4 is 0 Å². The van der Waals surface area contributed by atoms with Crippen LogP contribution in [-0.4, -0.2) is 44.1 Å². The molecular formula is C26H45NO2SiSn. The van der Waals surface area contributed by atoms with Crippen LogP contribution in [0.5, 0.6) is 0 Å². The molecule has 0 saturated carbocycles. The van der Waals surface area contributed by atoms with E-state index in [9.17, 15) is 4.79 Å². The molecule has 0 unspecified atom stereocenters. The minimum absolute atomic E-state index is 0.0131. The number of ether oxygens (including phenoxy) is 1. The van der Waals surface area contributed by atoms with Crippen molar-refractivity contribution in [2.75, 3.05) is 6.61 Å². The summed E-state index contributed by atoms with van der Waals surface area (Å²) in [5.74, 6) is 0. The molecule has 1 heterocycles. The number of hydrogen-bond donors (Lipinski definition) is 0. The molecule has 0 aromatic heterocycles.